The van der Waals surface area contributed by atoms with Gasteiger partial charge in [-0.05, 0) is 42.2 Å². The summed E-state index contributed by atoms with van der Waals surface area (Å²) in [6.07, 6.45) is 2.07. The molecule has 0 radical (unpaired) electrons. The van der Waals surface area contributed by atoms with Crippen molar-refractivity contribution in [2.45, 2.75) is 39.5 Å². The lowest BCUT2D eigenvalue weighted by Gasteiger charge is -2.05. The van der Waals surface area contributed by atoms with E-state index in [9.17, 15) is 9.59 Å². The zero-order valence-electron chi connectivity index (χ0n) is 13.4. The lowest BCUT2D eigenvalue weighted by atomic mass is 10.1. The molecule has 0 bridgehead atoms. The van der Waals surface area contributed by atoms with Gasteiger partial charge in [0.15, 0.2) is 5.76 Å². The van der Waals surface area contributed by atoms with E-state index >= 15 is 0 Å². The Hall–Kier alpha value is -2.56. The summed E-state index contributed by atoms with van der Waals surface area (Å²) in [7, 11) is 0. The van der Waals surface area contributed by atoms with Crippen molar-refractivity contribution in [3.8, 4) is 0 Å². The largest absolute Gasteiger partial charge is 0.481 e. The standard InChI is InChI=1S/C18H21NO4/c1-3-13-11-16(23-15(13)4-2)18(22)19-14-7-5-6-12(10-14)8-9-17(20)21/h5-7,10-11H,3-4,8-9H2,1-2H3,(H,19,22)(H,20,21). The molecule has 1 aromatic carbocycles. The van der Waals surface area contributed by atoms with Gasteiger partial charge in [-0.25, -0.2) is 0 Å². The number of nitrogens with one attached hydrogen (secondary N) is 1. The van der Waals surface area contributed by atoms with E-state index in [2.05, 4.69) is 5.32 Å². The summed E-state index contributed by atoms with van der Waals surface area (Å²) in [6, 6.07) is 8.97. The van der Waals surface area contributed by atoms with E-state index in [1.165, 1.54) is 0 Å². The van der Waals surface area contributed by atoms with E-state index in [1.54, 1.807) is 24.3 Å². The van der Waals surface area contributed by atoms with Crippen molar-refractivity contribution in [1.82, 2.24) is 0 Å². The molecule has 2 aromatic rings. The van der Waals surface area contributed by atoms with Crippen LogP contribution in [0.25, 0.3) is 0 Å². The molecule has 0 spiro atoms. The normalized spacial score (nSPS) is 10.5. The Morgan fingerprint density at radius 3 is 2.57 bits per heavy atom. The maximum atomic E-state index is 12.3. The molecule has 23 heavy (non-hydrogen) atoms. The molecule has 2 N–H and O–H groups in total. The summed E-state index contributed by atoms with van der Waals surface area (Å²) in [5.41, 5.74) is 2.55. The maximum Gasteiger partial charge on any atom is 0.303 e. The number of carbonyl (C=O) groups excluding carboxylic acids is 1. The van der Waals surface area contributed by atoms with Crippen LogP contribution in [0.5, 0.6) is 0 Å². The molecule has 0 atom stereocenters. The summed E-state index contributed by atoms with van der Waals surface area (Å²) in [4.78, 5) is 22.9. The van der Waals surface area contributed by atoms with E-state index in [-0.39, 0.29) is 12.3 Å². The smallest absolute Gasteiger partial charge is 0.303 e. The minimum absolute atomic E-state index is 0.0648. The van der Waals surface area contributed by atoms with Crippen LogP contribution in [0.3, 0.4) is 0 Å². The highest BCUT2D eigenvalue weighted by atomic mass is 16.4. The number of benzene rings is 1. The molecule has 0 aliphatic carbocycles. The van der Waals surface area contributed by atoms with Crippen molar-refractivity contribution >= 4 is 17.6 Å². The quantitative estimate of drug-likeness (QED) is 0.817. The molecule has 0 saturated heterocycles. The van der Waals surface area contributed by atoms with Crippen molar-refractivity contribution in [2.75, 3.05) is 5.32 Å². The third kappa shape index (κ3) is 4.45. The second kappa shape index (κ2) is 7.63. The van der Waals surface area contributed by atoms with Crippen LogP contribution in [0, 0.1) is 0 Å². The Labute approximate surface area is 135 Å². The van der Waals surface area contributed by atoms with Crippen LogP contribution in [0.1, 0.15) is 47.7 Å². The number of carboxylic acids is 1. The van der Waals surface area contributed by atoms with E-state index in [0.717, 1.165) is 29.7 Å². The van der Waals surface area contributed by atoms with Gasteiger partial charge in [0.2, 0.25) is 0 Å². The number of amides is 1. The van der Waals surface area contributed by atoms with Gasteiger partial charge in [-0.2, -0.15) is 0 Å². The summed E-state index contributed by atoms with van der Waals surface area (Å²) in [6.45, 7) is 4.02. The zero-order valence-corrected chi connectivity index (χ0v) is 13.4. The first kappa shape index (κ1) is 16.8. The molecule has 2 rings (SSSR count). The molecule has 1 heterocycles. The molecular weight excluding hydrogens is 294 g/mol. The van der Waals surface area contributed by atoms with Crippen LogP contribution in [0.4, 0.5) is 5.69 Å². The molecule has 0 unspecified atom stereocenters. The number of anilines is 1. The van der Waals surface area contributed by atoms with Crippen molar-refractivity contribution in [1.29, 1.82) is 0 Å². The number of carbonyl (C=O) groups is 2. The fourth-order valence-electron chi connectivity index (χ4n) is 2.43. The Bertz CT molecular complexity index is 681. The molecule has 0 saturated carbocycles. The minimum atomic E-state index is -0.839. The number of carboxylic acid groups (broad SMARTS) is 1. The fraction of sp³-hybridized carbons (Fsp3) is 0.333. The van der Waals surface area contributed by atoms with Crippen LogP contribution in [0.2, 0.25) is 0 Å². The Balaban J connectivity index is 2.09. The van der Waals surface area contributed by atoms with Crippen LogP contribution in [0.15, 0.2) is 34.7 Å². The first-order valence-electron chi connectivity index (χ1n) is 7.77. The van der Waals surface area contributed by atoms with Gasteiger partial charge in [-0.1, -0.05) is 26.0 Å². The molecule has 0 fully saturated rings. The SMILES string of the molecule is CCc1cc(C(=O)Nc2cccc(CCC(=O)O)c2)oc1CC. The average Bonchev–Trinajstić information content (AvgIpc) is 2.97. The molecule has 122 valence electrons. The average molecular weight is 315 g/mol. The van der Waals surface area contributed by atoms with Gasteiger partial charge >= 0.3 is 5.97 Å². The zero-order chi connectivity index (χ0) is 16.8. The number of aliphatic carboxylic acids is 1. The van der Waals surface area contributed by atoms with Gasteiger partial charge in [-0.3, -0.25) is 9.59 Å². The molecular formula is C18H21NO4. The third-order valence-corrected chi connectivity index (χ3v) is 3.63. The van der Waals surface area contributed by atoms with Crippen LogP contribution in [-0.4, -0.2) is 17.0 Å². The molecule has 0 aliphatic heterocycles. The van der Waals surface area contributed by atoms with Gasteiger partial charge in [0.25, 0.3) is 5.91 Å². The van der Waals surface area contributed by atoms with E-state index < -0.39 is 5.97 Å². The Kier molecular flexibility index (Phi) is 5.57. The molecule has 0 aliphatic rings. The van der Waals surface area contributed by atoms with Gasteiger partial charge in [-0.15, -0.1) is 0 Å². The monoisotopic (exact) mass is 315 g/mol. The second-order valence-electron chi connectivity index (χ2n) is 5.31. The number of hydrogen-bond acceptors (Lipinski definition) is 3. The highest BCUT2D eigenvalue weighted by molar-refractivity contribution is 6.02. The fourth-order valence-corrected chi connectivity index (χ4v) is 2.43. The van der Waals surface area contributed by atoms with E-state index in [0.29, 0.717) is 17.9 Å². The van der Waals surface area contributed by atoms with Gasteiger partial charge in [0.05, 0.1) is 0 Å². The lowest BCUT2D eigenvalue weighted by molar-refractivity contribution is -0.136. The molecule has 1 aromatic heterocycles. The summed E-state index contributed by atoms with van der Waals surface area (Å²) >= 11 is 0. The highest BCUT2D eigenvalue weighted by Crippen LogP contribution is 2.19. The number of furan rings is 1. The Morgan fingerprint density at radius 1 is 1.17 bits per heavy atom. The third-order valence-electron chi connectivity index (χ3n) is 3.63. The summed E-state index contributed by atoms with van der Waals surface area (Å²) in [5.74, 6) is 0.00602. The molecule has 1 amide bonds. The Morgan fingerprint density at radius 2 is 1.96 bits per heavy atom. The van der Waals surface area contributed by atoms with Crippen LogP contribution in [-0.2, 0) is 24.1 Å². The lowest BCUT2D eigenvalue weighted by Crippen LogP contribution is -2.11. The number of hydrogen-bond donors (Lipinski definition) is 2. The van der Waals surface area contributed by atoms with Crippen molar-refractivity contribution in [3.63, 3.8) is 0 Å². The highest BCUT2D eigenvalue weighted by Gasteiger charge is 2.15. The predicted octanol–water partition coefficient (Wildman–Crippen LogP) is 3.67. The van der Waals surface area contributed by atoms with Crippen LogP contribution >= 0.6 is 0 Å². The first-order valence-corrected chi connectivity index (χ1v) is 7.77. The van der Waals surface area contributed by atoms with Gasteiger partial charge in [0, 0.05) is 18.5 Å². The second-order valence-corrected chi connectivity index (χ2v) is 5.31. The van der Waals surface area contributed by atoms with Crippen molar-refractivity contribution < 1.29 is 19.1 Å². The summed E-state index contributed by atoms with van der Waals surface area (Å²) < 4.78 is 5.61. The van der Waals surface area contributed by atoms with Gasteiger partial charge < -0.3 is 14.8 Å². The number of rotatable bonds is 7. The van der Waals surface area contributed by atoms with E-state index in [4.69, 9.17) is 9.52 Å². The predicted molar refractivity (Wildman–Crippen MR) is 87.8 cm³/mol. The maximum absolute atomic E-state index is 12.3. The van der Waals surface area contributed by atoms with Crippen LogP contribution < -0.4 is 5.32 Å². The minimum Gasteiger partial charge on any atom is -0.481 e. The van der Waals surface area contributed by atoms with Gasteiger partial charge in [0.1, 0.15) is 5.76 Å². The van der Waals surface area contributed by atoms with Crippen molar-refractivity contribution in [2.24, 2.45) is 0 Å². The van der Waals surface area contributed by atoms with E-state index in [1.807, 2.05) is 19.9 Å². The topological polar surface area (TPSA) is 79.5 Å². The number of aryl methyl sites for hydroxylation is 3. The van der Waals surface area contributed by atoms with Crippen molar-refractivity contribution in [3.05, 3.63) is 53.0 Å². The first-order chi connectivity index (χ1) is 11.0. The molecule has 5 heteroatoms. The summed E-state index contributed by atoms with van der Waals surface area (Å²) in [5, 5.41) is 11.5. The molecule has 5 nitrogen and oxygen atoms in total.